The minimum atomic E-state index is -0.552. The Morgan fingerprint density at radius 3 is 2.94 bits per heavy atom. The van der Waals surface area contributed by atoms with E-state index in [1.165, 1.54) is 0 Å². The molecule has 0 aliphatic carbocycles. The maximum absolute atomic E-state index is 12.2. The number of hydrogen-bond donors (Lipinski definition) is 1. The minimum absolute atomic E-state index is 0.0315. The molecule has 1 spiro atoms. The van der Waals surface area contributed by atoms with Gasteiger partial charge in [0.15, 0.2) is 5.79 Å². The van der Waals surface area contributed by atoms with Crippen LogP contribution in [0.25, 0.3) is 0 Å². The lowest BCUT2D eigenvalue weighted by Gasteiger charge is -2.22. The Labute approximate surface area is 98.9 Å². The van der Waals surface area contributed by atoms with Gasteiger partial charge in [-0.2, -0.15) is 5.10 Å². The second-order valence-corrected chi connectivity index (χ2v) is 4.51. The van der Waals surface area contributed by atoms with Crippen molar-refractivity contribution < 1.29 is 14.3 Å². The Hall–Kier alpha value is -1.40. The number of nitrogens with zero attached hydrogens (tertiary/aromatic N) is 2. The molecule has 2 aliphatic rings. The number of aryl methyl sites for hydroxylation is 1. The van der Waals surface area contributed by atoms with Gasteiger partial charge in [-0.05, 0) is 12.5 Å². The Bertz CT molecular complexity index is 437. The molecule has 3 rings (SSSR count). The second kappa shape index (κ2) is 3.82. The number of carbonyl (C=O) groups excluding carboxylic acids is 1. The third kappa shape index (κ3) is 1.73. The zero-order chi connectivity index (χ0) is 11.9. The highest BCUT2D eigenvalue weighted by atomic mass is 16.7. The van der Waals surface area contributed by atoms with Gasteiger partial charge < -0.3 is 14.4 Å². The summed E-state index contributed by atoms with van der Waals surface area (Å²) in [6, 6.07) is 0. The van der Waals surface area contributed by atoms with E-state index in [1.54, 1.807) is 11.1 Å². The van der Waals surface area contributed by atoms with Crippen molar-refractivity contribution in [1.82, 2.24) is 15.1 Å². The summed E-state index contributed by atoms with van der Waals surface area (Å²) in [4.78, 5) is 14.0. The van der Waals surface area contributed by atoms with E-state index in [1.807, 2.05) is 6.92 Å². The maximum Gasteiger partial charge on any atom is 0.272 e. The van der Waals surface area contributed by atoms with E-state index < -0.39 is 5.79 Å². The number of amides is 1. The van der Waals surface area contributed by atoms with Crippen LogP contribution < -0.4 is 0 Å². The summed E-state index contributed by atoms with van der Waals surface area (Å²) in [5.74, 6) is -0.584. The number of nitrogens with one attached hydrogen (secondary N) is 1. The van der Waals surface area contributed by atoms with Crippen molar-refractivity contribution in [2.75, 3.05) is 26.3 Å². The second-order valence-electron chi connectivity index (χ2n) is 4.51. The Morgan fingerprint density at radius 1 is 1.53 bits per heavy atom. The monoisotopic (exact) mass is 237 g/mol. The van der Waals surface area contributed by atoms with Gasteiger partial charge in [0, 0.05) is 13.0 Å². The highest BCUT2D eigenvalue weighted by molar-refractivity contribution is 5.93. The summed E-state index contributed by atoms with van der Waals surface area (Å²) in [5.41, 5.74) is 1.42. The van der Waals surface area contributed by atoms with E-state index >= 15 is 0 Å². The number of carbonyl (C=O) groups is 1. The zero-order valence-corrected chi connectivity index (χ0v) is 9.73. The quantitative estimate of drug-likeness (QED) is 0.763. The third-order valence-corrected chi connectivity index (χ3v) is 3.34. The number of H-pyrrole nitrogens is 1. The van der Waals surface area contributed by atoms with Crippen LogP contribution in [0.15, 0.2) is 6.20 Å². The molecule has 0 atom stereocenters. The molecule has 0 bridgehead atoms. The van der Waals surface area contributed by atoms with Crippen molar-refractivity contribution in [1.29, 1.82) is 0 Å². The molecule has 2 saturated heterocycles. The van der Waals surface area contributed by atoms with E-state index in [2.05, 4.69) is 10.2 Å². The molecule has 6 heteroatoms. The summed E-state index contributed by atoms with van der Waals surface area (Å²) in [6.45, 7) is 4.27. The van der Waals surface area contributed by atoms with Crippen molar-refractivity contribution in [2.45, 2.75) is 19.1 Å². The first-order valence-electron chi connectivity index (χ1n) is 5.77. The van der Waals surface area contributed by atoms with Crippen molar-refractivity contribution in [3.05, 3.63) is 17.5 Å². The minimum Gasteiger partial charge on any atom is -0.346 e. The predicted octanol–water partition coefficient (Wildman–Crippen LogP) is 0.307. The SMILES string of the molecule is Cc1cn[nH]c1C(=O)N1CCC2(C1)OCCO2. The van der Waals surface area contributed by atoms with E-state index in [9.17, 15) is 4.79 Å². The first kappa shape index (κ1) is 10.7. The van der Waals surface area contributed by atoms with Gasteiger partial charge in [-0.25, -0.2) is 0 Å². The molecule has 6 nitrogen and oxygen atoms in total. The summed E-state index contributed by atoms with van der Waals surface area (Å²) < 4.78 is 11.2. The van der Waals surface area contributed by atoms with Crippen molar-refractivity contribution in [2.24, 2.45) is 0 Å². The third-order valence-electron chi connectivity index (χ3n) is 3.34. The van der Waals surface area contributed by atoms with Crippen LogP contribution in [-0.4, -0.2) is 53.1 Å². The van der Waals surface area contributed by atoms with Crippen LogP contribution in [0.5, 0.6) is 0 Å². The van der Waals surface area contributed by atoms with E-state index in [0.717, 1.165) is 12.0 Å². The lowest BCUT2D eigenvalue weighted by molar-refractivity contribution is -0.143. The van der Waals surface area contributed by atoms with E-state index in [-0.39, 0.29) is 5.91 Å². The molecule has 0 aromatic carbocycles. The first-order valence-corrected chi connectivity index (χ1v) is 5.77. The Balaban J connectivity index is 1.75. The molecule has 17 heavy (non-hydrogen) atoms. The fourth-order valence-corrected chi connectivity index (χ4v) is 2.38. The van der Waals surface area contributed by atoms with Crippen LogP contribution in [0.4, 0.5) is 0 Å². The molecular weight excluding hydrogens is 222 g/mol. The van der Waals surface area contributed by atoms with Crippen LogP contribution in [0.1, 0.15) is 22.5 Å². The average Bonchev–Trinajstić information content (AvgIpc) is 3.02. The van der Waals surface area contributed by atoms with Gasteiger partial charge >= 0.3 is 0 Å². The number of likely N-dealkylation sites (tertiary alicyclic amines) is 1. The molecule has 92 valence electrons. The average molecular weight is 237 g/mol. The standard InChI is InChI=1S/C11H15N3O3/c1-8-6-12-13-9(8)10(15)14-3-2-11(7-14)16-4-5-17-11/h6H,2-5,7H2,1H3,(H,12,13). The lowest BCUT2D eigenvalue weighted by Crippen LogP contribution is -2.37. The largest absolute Gasteiger partial charge is 0.346 e. The fraction of sp³-hybridized carbons (Fsp3) is 0.636. The highest BCUT2D eigenvalue weighted by Crippen LogP contribution is 2.31. The van der Waals surface area contributed by atoms with Crippen LogP contribution in [0.3, 0.4) is 0 Å². The van der Waals surface area contributed by atoms with Gasteiger partial charge in [0.05, 0.1) is 26.0 Å². The van der Waals surface area contributed by atoms with Crippen LogP contribution in [-0.2, 0) is 9.47 Å². The number of aromatic nitrogens is 2. The van der Waals surface area contributed by atoms with E-state index in [4.69, 9.17) is 9.47 Å². The van der Waals surface area contributed by atoms with Gasteiger partial charge in [-0.3, -0.25) is 9.89 Å². The summed E-state index contributed by atoms with van der Waals surface area (Å²) in [6.07, 6.45) is 2.40. The van der Waals surface area contributed by atoms with Gasteiger partial charge in [0.25, 0.3) is 5.91 Å². The van der Waals surface area contributed by atoms with Gasteiger partial charge in [0.1, 0.15) is 5.69 Å². The topological polar surface area (TPSA) is 67.5 Å². The molecule has 2 fully saturated rings. The Morgan fingerprint density at radius 2 is 2.29 bits per heavy atom. The number of rotatable bonds is 1. The molecule has 2 aliphatic heterocycles. The van der Waals surface area contributed by atoms with Gasteiger partial charge in [-0.1, -0.05) is 0 Å². The summed E-state index contributed by atoms with van der Waals surface area (Å²) in [7, 11) is 0. The molecular formula is C11H15N3O3. The first-order chi connectivity index (χ1) is 8.20. The number of aromatic amines is 1. The summed E-state index contributed by atoms with van der Waals surface area (Å²) in [5, 5.41) is 6.61. The molecule has 1 aromatic heterocycles. The van der Waals surface area contributed by atoms with Crippen LogP contribution in [0, 0.1) is 6.92 Å². The van der Waals surface area contributed by atoms with E-state index in [0.29, 0.717) is 32.0 Å². The van der Waals surface area contributed by atoms with Crippen molar-refractivity contribution in [3.63, 3.8) is 0 Å². The molecule has 0 saturated carbocycles. The molecule has 1 N–H and O–H groups in total. The predicted molar refractivity (Wildman–Crippen MR) is 58.5 cm³/mol. The van der Waals surface area contributed by atoms with Gasteiger partial charge in [-0.15, -0.1) is 0 Å². The molecule has 3 heterocycles. The maximum atomic E-state index is 12.2. The van der Waals surface area contributed by atoms with Gasteiger partial charge in [0.2, 0.25) is 0 Å². The molecule has 1 aromatic rings. The summed E-state index contributed by atoms with van der Waals surface area (Å²) >= 11 is 0. The fourth-order valence-electron chi connectivity index (χ4n) is 2.38. The normalized spacial score (nSPS) is 22.5. The molecule has 1 amide bonds. The smallest absolute Gasteiger partial charge is 0.272 e. The number of hydrogen-bond acceptors (Lipinski definition) is 4. The lowest BCUT2D eigenvalue weighted by atomic mass is 10.2. The van der Waals surface area contributed by atoms with Crippen molar-refractivity contribution >= 4 is 5.91 Å². The number of ether oxygens (including phenoxy) is 2. The van der Waals surface area contributed by atoms with Crippen LogP contribution in [0.2, 0.25) is 0 Å². The molecule has 0 radical (unpaired) electrons. The van der Waals surface area contributed by atoms with Crippen LogP contribution >= 0.6 is 0 Å². The zero-order valence-electron chi connectivity index (χ0n) is 9.73. The molecule has 0 unspecified atom stereocenters. The Kier molecular flexibility index (Phi) is 2.41. The highest BCUT2D eigenvalue weighted by Gasteiger charge is 2.45. The van der Waals surface area contributed by atoms with Crippen molar-refractivity contribution in [3.8, 4) is 0 Å².